The van der Waals surface area contributed by atoms with E-state index in [1.807, 2.05) is 32.0 Å². The Morgan fingerprint density at radius 2 is 2.07 bits per heavy atom. The van der Waals surface area contributed by atoms with Crippen molar-refractivity contribution in [2.24, 2.45) is 0 Å². The van der Waals surface area contributed by atoms with E-state index in [9.17, 15) is 15.2 Å². The third kappa shape index (κ3) is 4.30. The number of carboxylic acid groups (broad SMARTS) is 1. The van der Waals surface area contributed by atoms with Crippen LogP contribution in [0, 0.1) is 18.3 Å². The number of benzene rings is 1. The molecular formula is C22H22N4O4. The standard InChI is InChI=1S/C22H22N4O4/c1-13-25-26-21(30-13)17(11-20(27)28)18-9-14(7-8-24-18)16-10-15(22(2,3)12-23)5-6-19(16)29-4/h5-10,17H,11H2,1-4H3,(H,27,28). The number of methoxy groups -OCH3 is 1. The van der Waals surface area contributed by atoms with Crippen LogP contribution in [0.1, 0.15) is 49.2 Å². The maximum atomic E-state index is 11.4. The molecule has 1 atom stereocenters. The second-order valence-electron chi connectivity index (χ2n) is 7.43. The Morgan fingerprint density at radius 1 is 1.30 bits per heavy atom. The maximum Gasteiger partial charge on any atom is 0.304 e. The van der Waals surface area contributed by atoms with Crippen molar-refractivity contribution in [2.75, 3.05) is 7.11 Å². The summed E-state index contributed by atoms with van der Waals surface area (Å²) in [4.78, 5) is 15.8. The van der Waals surface area contributed by atoms with Crippen molar-refractivity contribution in [3.05, 3.63) is 59.6 Å². The van der Waals surface area contributed by atoms with Crippen molar-refractivity contribution < 1.29 is 19.1 Å². The first-order chi connectivity index (χ1) is 14.2. The van der Waals surface area contributed by atoms with E-state index in [0.717, 1.165) is 16.7 Å². The van der Waals surface area contributed by atoms with Gasteiger partial charge in [0.2, 0.25) is 11.8 Å². The Hall–Kier alpha value is -3.73. The first-order valence-corrected chi connectivity index (χ1v) is 9.33. The second kappa shape index (κ2) is 8.33. The number of rotatable bonds is 7. The summed E-state index contributed by atoms with van der Waals surface area (Å²) in [5, 5.41) is 26.7. The van der Waals surface area contributed by atoms with Crippen molar-refractivity contribution >= 4 is 5.97 Å². The highest BCUT2D eigenvalue weighted by Crippen LogP contribution is 2.36. The Labute approximate surface area is 174 Å². The van der Waals surface area contributed by atoms with Crippen LogP contribution in [-0.4, -0.2) is 33.4 Å². The first kappa shape index (κ1) is 21.0. The zero-order valence-corrected chi connectivity index (χ0v) is 17.2. The number of pyridine rings is 1. The molecule has 0 bridgehead atoms. The van der Waals surface area contributed by atoms with Gasteiger partial charge in [-0.05, 0) is 49.2 Å². The SMILES string of the molecule is COc1ccc(C(C)(C)C#N)cc1-c1ccnc(C(CC(=O)O)c2nnc(C)o2)c1. The summed E-state index contributed by atoms with van der Waals surface area (Å²) in [5.41, 5.74) is 2.21. The van der Waals surface area contributed by atoms with Crippen LogP contribution in [0.4, 0.5) is 0 Å². The van der Waals surface area contributed by atoms with Gasteiger partial charge in [-0.2, -0.15) is 5.26 Å². The Balaban J connectivity index is 2.11. The van der Waals surface area contributed by atoms with Crippen molar-refractivity contribution in [3.63, 3.8) is 0 Å². The van der Waals surface area contributed by atoms with Crippen LogP contribution in [0.3, 0.4) is 0 Å². The normalized spacial score (nSPS) is 12.2. The smallest absolute Gasteiger partial charge is 0.304 e. The van der Waals surface area contributed by atoms with Crippen LogP contribution in [0.25, 0.3) is 11.1 Å². The molecule has 1 N–H and O–H groups in total. The molecule has 2 aromatic heterocycles. The number of nitrogens with zero attached hydrogens (tertiary/aromatic N) is 4. The third-order valence-corrected chi connectivity index (χ3v) is 4.87. The molecule has 2 heterocycles. The first-order valence-electron chi connectivity index (χ1n) is 9.33. The molecule has 0 saturated carbocycles. The topological polar surface area (TPSA) is 122 Å². The Morgan fingerprint density at radius 3 is 2.67 bits per heavy atom. The average molecular weight is 406 g/mol. The number of aliphatic carboxylic acids is 1. The fraction of sp³-hybridized carbons (Fsp3) is 0.318. The van der Waals surface area contributed by atoms with Crippen LogP contribution in [-0.2, 0) is 10.2 Å². The van der Waals surface area contributed by atoms with Crippen molar-refractivity contribution in [1.82, 2.24) is 15.2 Å². The molecule has 0 spiro atoms. The van der Waals surface area contributed by atoms with Gasteiger partial charge in [0.25, 0.3) is 0 Å². The Bertz CT molecular complexity index is 1110. The van der Waals surface area contributed by atoms with E-state index in [1.165, 1.54) is 0 Å². The van der Waals surface area contributed by atoms with E-state index >= 15 is 0 Å². The fourth-order valence-electron chi connectivity index (χ4n) is 3.14. The number of carboxylic acids is 1. The molecule has 0 fully saturated rings. The quantitative estimate of drug-likeness (QED) is 0.628. The van der Waals surface area contributed by atoms with Crippen LogP contribution in [0.15, 0.2) is 40.9 Å². The third-order valence-electron chi connectivity index (χ3n) is 4.87. The highest BCUT2D eigenvalue weighted by atomic mass is 16.5. The second-order valence-corrected chi connectivity index (χ2v) is 7.43. The summed E-state index contributed by atoms with van der Waals surface area (Å²) in [6.45, 7) is 5.33. The number of nitriles is 1. The molecule has 30 heavy (non-hydrogen) atoms. The molecule has 8 nitrogen and oxygen atoms in total. The molecule has 154 valence electrons. The van der Waals surface area contributed by atoms with Crippen molar-refractivity contribution in [2.45, 2.75) is 38.5 Å². The molecule has 0 aliphatic heterocycles. The van der Waals surface area contributed by atoms with E-state index in [4.69, 9.17) is 9.15 Å². The van der Waals surface area contributed by atoms with Gasteiger partial charge in [-0.1, -0.05) is 6.07 Å². The minimum atomic E-state index is -1.00. The van der Waals surface area contributed by atoms with Gasteiger partial charge in [0.1, 0.15) is 5.75 Å². The minimum Gasteiger partial charge on any atom is -0.496 e. The predicted molar refractivity (Wildman–Crippen MR) is 108 cm³/mol. The molecule has 0 radical (unpaired) electrons. The largest absolute Gasteiger partial charge is 0.496 e. The fourth-order valence-corrected chi connectivity index (χ4v) is 3.14. The van der Waals surface area contributed by atoms with E-state index in [1.54, 1.807) is 32.4 Å². The lowest BCUT2D eigenvalue weighted by molar-refractivity contribution is -0.137. The lowest BCUT2D eigenvalue weighted by atomic mass is 9.84. The van der Waals surface area contributed by atoms with Crippen LogP contribution < -0.4 is 4.74 Å². The summed E-state index contributed by atoms with van der Waals surface area (Å²) in [6, 6.07) is 11.5. The zero-order valence-electron chi connectivity index (χ0n) is 17.2. The van der Waals surface area contributed by atoms with Gasteiger partial charge in [0.05, 0.1) is 36.6 Å². The molecule has 1 aromatic carbocycles. The summed E-state index contributed by atoms with van der Waals surface area (Å²) >= 11 is 0. The van der Waals surface area contributed by atoms with E-state index in [2.05, 4.69) is 21.3 Å². The Kier molecular flexibility index (Phi) is 5.83. The van der Waals surface area contributed by atoms with Crippen LogP contribution >= 0.6 is 0 Å². The van der Waals surface area contributed by atoms with E-state index in [0.29, 0.717) is 17.3 Å². The summed E-state index contributed by atoms with van der Waals surface area (Å²) in [5.74, 6) is -0.504. The molecule has 1 unspecified atom stereocenters. The maximum absolute atomic E-state index is 11.4. The molecule has 0 amide bonds. The lowest BCUT2D eigenvalue weighted by Gasteiger charge is -2.19. The van der Waals surface area contributed by atoms with Gasteiger partial charge < -0.3 is 14.3 Å². The van der Waals surface area contributed by atoms with Gasteiger partial charge in [-0.25, -0.2) is 0 Å². The molecule has 0 aliphatic carbocycles. The number of aryl methyl sites for hydroxylation is 1. The number of hydrogen-bond acceptors (Lipinski definition) is 7. The van der Waals surface area contributed by atoms with E-state index < -0.39 is 17.3 Å². The van der Waals surface area contributed by atoms with Crippen molar-refractivity contribution in [1.29, 1.82) is 5.26 Å². The van der Waals surface area contributed by atoms with Gasteiger partial charge in [0, 0.05) is 18.7 Å². The predicted octanol–water partition coefficient (Wildman–Crippen LogP) is 3.86. The lowest BCUT2D eigenvalue weighted by Crippen LogP contribution is -2.14. The number of ether oxygens (including phenoxy) is 1. The molecule has 0 aliphatic rings. The molecule has 3 rings (SSSR count). The molecule has 0 saturated heterocycles. The zero-order chi connectivity index (χ0) is 21.9. The van der Waals surface area contributed by atoms with Crippen LogP contribution in [0.5, 0.6) is 5.75 Å². The highest BCUT2D eigenvalue weighted by Gasteiger charge is 2.26. The summed E-state index contributed by atoms with van der Waals surface area (Å²) in [7, 11) is 1.57. The number of carbonyl (C=O) groups is 1. The van der Waals surface area contributed by atoms with Crippen LogP contribution in [0.2, 0.25) is 0 Å². The molecule has 8 heteroatoms. The van der Waals surface area contributed by atoms with Gasteiger partial charge in [-0.15, -0.1) is 10.2 Å². The average Bonchev–Trinajstić information content (AvgIpc) is 3.17. The summed E-state index contributed by atoms with van der Waals surface area (Å²) in [6.07, 6.45) is 1.36. The molecular weight excluding hydrogens is 384 g/mol. The van der Waals surface area contributed by atoms with Gasteiger partial charge >= 0.3 is 5.97 Å². The molecule has 3 aromatic rings. The van der Waals surface area contributed by atoms with Gasteiger partial charge in [-0.3, -0.25) is 9.78 Å². The van der Waals surface area contributed by atoms with Gasteiger partial charge in [0.15, 0.2) is 0 Å². The summed E-state index contributed by atoms with van der Waals surface area (Å²) < 4.78 is 11.0. The van der Waals surface area contributed by atoms with Crippen molar-refractivity contribution in [3.8, 4) is 22.9 Å². The minimum absolute atomic E-state index is 0.200. The van der Waals surface area contributed by atoms with E-state index in [-0.39, 0.29) is 12.3 Å². The monoisotopic (exact) mass is 406 g/mol. The number of hydrogen-bond donors (Lipinski definition) is 1. The number of aromatic nitrogens is 3. The highest BCUT2D eigenvalue weighted by molar-refractivity contribution is 5.73.